The lowest BCUT2D eigenvalue weighted by molar-refractivity contribution is -0.117. The van der Waals surface area contributed by atoms with Crippen LogP contribution in [-0.2, 0) is 10.2 Å². The lowest BCUT2D eigenvalue weighted by Gasteiger charge is -2.20. The average molecular weight is 263 g/mol. The van der Waals surface area contributed by atoms with Crippen molar-refractivity contribution in [2.75, 3.05) is 37.9 Å². The Kier molecular flexibility index (Phi) is 3.41. The molecule has 0 aromatic heterocycles. The van der Waals surface area contributed by atoms with Crippen molar-refractivity contribution in [2.45, 2.75) is 19.3 Å². The third-order valence-corrected chi connectivity index (χ3v) is 3.55. The highest BCUT2D eigenvalue weighted by atomic mass is 16.5. The largest absolute Gasteiger partial charge is 0.495 e. The molecule has 0 aliphatic carbocycles. The Morgan fingerprint density at radius 2 is 2.21 bits per heavy atom. The summed E-state index contributed by atoms with van der Waals surface area (Å²) < 4.78 is 5.27. The molecule has 0 saturated carbocycles. The molecule has 19 heavy (non-hydrogen) atoms. The highest BCUT2D eigenvalue weighted by Gasteiger charge is 2.38. The Hall–Kier alpha value is -1.75. The first kappa shape index (κ1) is 13.7. The van der Waals surface area contributed by atoms with Gasteiger partial charge in [-0.1, -0.05) is 13.8 Å². The highest BCUT2D eigenvalue weighted by Crippen LogP contribution is 2.44. The van der Waals surface area contributed by atoms with Gasteiger partial charge in [-0.3, -0.25) is 4.79 Å². The van der Waals surface area contributed by atoms with Gasteiger partial charge in [-0.15, -0.1) is 0 Å². The summed E-state index contributed by atoms with van der Waals surface area (Å²) in [5.41, 5.74) is 8.40. The lowest BCUT2D eigenvalue weighted by Crippen LogP contribution is -2.38. The molecule has 1 aliphatic heterocycles. The quantitative estimate of drug-likeness (QED) is 0.802. The van der Waals surface area contributed by atoms with Crippen molar-refractivity contribution in [3.8, 4) is 5.75 Å². The van der Waals surface area contributed by atoms with E-state index in [9.17, 15) is 4.79 Å². The summed E-state index contributed by atoms with van der Waals surface area (Å²) >= 11 is 0. The van der Waals surface area contributed by atoms with E-state index in [1.165, 1.54) is 0 Å². The number of benzene rings is 1. The molecule has 1 aromatic rings. The summed E-state index contributed by atoms with van der Waals surface area (Å²) in [5, 5.41) is 2.89. The zero-order chi connectivity index (χ0) is 14.2. The number of carbonyl (C=O) groups excluding carboxylic acids is 1. The molecule has 2 rings (SSSR count). The number of likely N-dealkylation sites (N-methyl/N-ethyl adjacent to an activating group) is 1. The smallest absolute Gasteiger partial charge is 0.240 e. The van der Waals surface area contributed by atoms with Gasteiger partial charge in [0.15, 0.2) is 0 Å². The molecule has 1 aromatic carbocycles. The SMILES string of the molecule is CNCC(=O)N1CC(C)(C)c2cc(OC)c(N)cc21. The zero-order valence-electron chi connectivity index (χ0n) is 11.9. The maximum absolute atomic E-state index is 12.2. The van der Waals surface area contributed by atoms with Crippen LogP contribution >= 0.6 is 0 Å². The number of carbonyl (C=O) groups is 1. The van der Waals surface area contributed by atoms with E-state index in [2.05, 4.69) is 19.2 Å². The second kappa shape index (κ2) is 4.74. The number of anilines is 2. The third kappa shape index (κ3) is 2.26. The van der Waals surface area contributed by atoms with E-state index in [1.807, 2.05) is 12.1 Å². The fourth-order valence-corrected chi connectivity index (χ4v) is 2.56. The van der Waals surface area contributed by atoms with Gasteiger partial charge in [0.25, 0.3) is 0 Å². The van der Waals surface area contributed by atoms with E-state index in [1.54, 1.807) is 19.1 Å². The first-order chi connectivity index (χ1) is 8.90. The number of nitrogens with one attached hydrogen (secondary N) is 1. The van der Waals surface area contributed by atoms with Crippen molar-refractivity contribution >= 4 is 17.3 Å². The van der Waals surface area contributed by atoms with Crippen molar-refractivity contribution in [1.29, 1.82) is 0 Å². The number of hydrogen-bond donors (Lipinski definition) is 2. The van der Waals surface area contributed by atoms with Crippen LogP contribution in [0.5, 0.6) is 5.75 Å². The van der Waals surface area contributed by atoms with E-state index in [0.29, 0.717) is 24.5 Å². The number of rotatable bonds is 3. The van der Waals surface area contributed by atoms with Gasteiger partial charge in [-0.05, 0) is 24.7 Å². The van der Waals surface area contributed by atoms with E-state index >= 15 is 0 Å². The molecule has 0 spiro atoms. The fourth-order valence-electron chi connectivity index (χ4n) is 2.56. The minimum Gasteiger partial charge on any atom is -0.495 e. The number of fused-ring (bicyclic) bond motifs is 1. The van der Waals surface area contributed by atoms with Crippen LogP contribution in [0.2, 0.25) is 0 Å². The average Bonchev–Trinajstić information content (AvgIpc) is 2.60. The van der Waals surface area contributed by atoms with Crippen molar-refractivity contribution in [2.24, 2.45) is 0 Å². The molecular formula is C14H21N3O2. The summed E-state index contributed by atoms with van der Waals surface area (Å²) in [5.74, 6) is 0.716. The molecule has 0 bridgehead atoms. The minimum absolute atomic E-state index is 0.0545. The molecule has 0 saturated heterocycles. The second-order valence-corrected chi connectivity index (χ2v) is 5.51. The van der Waals surface area contributed by atoms with Gasteiger partial charge in [0.05, 0.1) is 19.3 Å². The molecule has 1 heterocycles. The molecule has 0 atom stereocenters. The Morgan fingerprint density at radius 3 is 2.79 bits per heavy atom. The van der Waals surface area contributed by atoms with Crippen LogP contribution in [0, 0.1) is 0 Å². The van der Waals surface area contributed by atoms with Crippen LogP contribution < -0.4 is 20.7 Å². The molecule has 0 fully saturated rings. The number of nitrogen functional groups attached to an aromatic ring is 1. The highest BCUT2D eigenvalue weighted by molar-refractivity contribution is 5.98. The number of amides is 1. The van der Waals surface area contributed by atoms with Crippen molar-refractivity contribution in [1.82, 2.24) is 5.32 Å². The summed E-state index contributed by atoms with van der Waals surface area (Å²) in [6, 6.07) is 3.77. The molecule has 1 amide bonds. The number of methoxy groups -OCH3 is 1. The summed E-state index contributed by atoms with van der Waals surface area (Å²) in [6.07, 6.45) is 0. The van der Waals surface area contributed by atoms with E-state index in [4.69, 9.17) is 10.5 Å². The Labute approximate surface area is 113 Å². The van der Waals surface area contributed by atoms with Gasteiger partial charge in [-0.25, -0.2) is 0 Å². The zero-order valence-corrected chi connectivity index (χ0v) is 11.9. The Morgan fingerprint density at radius 1 is 1.53 bits per heavy atom. The van der Waals surface area contributed by atoms with Gasteiger partial charge in [0, 0.05) is 17.6 Å². The van der Waals surface area contributed by atoms with Crippen LogP contribution in [-0.4, -0.2) is 33.2 Å². The number of nitrogens with two attached hydrogens (primary N) is 1. The van der Waals surface area contributed by atoms with Gasteiger partial charge in [0.1, 0.15) is 5.75 Å². The van der Waals surface area contributed by atoms with Crippen LogP contribution in [0.25, 0.3) is 0 Å². The Balaban J connectivity index is 2.49. The van der Waals surface area contributed by atoms with Crippen molar-refractivity contribution < 1.29 is 9.53 Å². The van der Waals surface area contributed by atoms with Crippen molar-refractivity contribution in [3.05, 3.63) is 17.7 Å². The minimum atomic E-state index is -0.0975. The third-order valence-electron chi connectivity index (χ3n) is 3.55. The van der Waals surface area contributed by atoms with Crippen LogP contribution in [0.1, 0.15) is 19.4 Å². The maximum Gasteiger partial charge on any atom is 0.240 e. The molecule has 5 nitrogen and oxygen atoms in total. The molecule has 3 N–H and O–H groups in total. The summed E-state index contributed by atoms with van der Waals surface area (Å²) in [6.45, 7) is 5.22. The number of hydrogen-bond acceptors (Lipinski definition) is 4. The molecule has 1 aliphatic rings. The standard InChI is InChI=1S/C14H21N3O2/c1-14(2)8-17(13(18)7-16-3)11-6-10(15)12(19-4)5-9(11)14/h5-6,16H,7-8,15H2,1-4H3. The molecule has 0 unspecified atom stereocenters. The van der Waals surface area contributed by atoms with Gasteiger partial charge >= 0.3 is 0 Å². The molecule has 104 valence electrons. The fraction of sp³-hybridized carbons (Fsp3) is 0.500. The van der Waals surface area contributed by atoms with Gasteiger partial charge in [-0.2, -0.15) is 0 Å². The monoisotopic (exact) mass is 263 g/mol. The van der Waals surface area contributed by atoms with Gasteiger partial charge < -0.3 is 20.7 Å². The maximum atomic E-state index is 12.2. The second-order valence-electron chi connectivity index (χ2n) is 5.51. The first-order valence-electron chi connectivity index (χ1n) is 6.33. The number of ether oxygens (including phenoxy) is 1. The normalized spacial score (nSPS) is 16.3. The van der Waals surface area contributed by atoms with E-state index < -0.39 is 0 Å². The number of nitrogens with zero attached hydrogens (tertiary/aromatic N) is 1. The molecule has 5 heteroatoms. The topological polar surface area (TPSA) is 67.6 Å². The van der Waals surface area contributed by atoms with E-state index in [-0.39, 0.29) is 11.3 Å². The lowest BCUT2D eigenvalue weighted by atomic mass is 9.87. The van der Waals surface area contributed by atoms with Crippen LogP contribution in [0.4, 0.5) is 11.4 Å². The predicted octanol–water partition coefficient (Wildman–Crippen LogP) is 1.12. The van der Waals surface area contributed by atoms with Crippen LogP contribution in [0.3, 0.4) is 0 Å². The van der Waals surface area contributed by atoms with E-state index in [0.717, 1.165) is 11.3 Å². The predicted molar refractivity (Wildman–Crippen MR) is 76.7 cm³/mol. The summed E-state index contributed by atoms with van der Waals surface area (Å²) in [7, 11) is 3.37. The molecule has 0 radical (unpaired) electrons. The summed E-state index contributed by atoms with van der Waals surface area (Å²) in [4.78, 5) is 13.9. The van der Waals surface area contributed by atoms with Gasteiger partial charge in [0.2, 0.25) is 5.91 Å². The molecular weight excluding hydrogens is 242 g/mol. The van der Waals surface area contributed by atoms with Crippen molar-refractivity contribution in [3.63, 3.8) is 0 Å². The first-order valence-corrected chi connectivity index (χ1v) is 6.33. The van der Waals surface area contributed by atoms with Crippen LogP contribution in [0.15, 0.2) is 12.1 Å². The Bertz CT molecular complexity index is 512.